The van der Waals surface area contributed by atoms with Crippen LogP contribution in [-0.4, -0.2) is 25.5 Å². The van der Waals surface area contributed by atoms with Crippen molar-refractivity contribution in [3.05, 3.63) is 59.9 Å². The molecule has 1 saturated heterocycles. The molecule has 0 aromatic heterocycles. The van der Waals surface area contributed by atoms with Crippen molar-refractivity contribution in [2.45, 2.75) is 13.0 Å². The molecule has 0 bridgehead atoms. The average molecular weight is 342 g/mol. The maximum Gasteiger partial charge on any atom is 0.239 e. The molecule has 0 saturated carbocycles. The first-order chi connectivity index (χ1) is 12.1. The quantitative estimate of drug-likeness (QED) is 0.850. The SMILES string of the molecule is COc1ccc(CNC(=O)C2CCN(c3ccc(F)cc3)C2=O)cc1. The molecule has 1 fully saturated rings. The van der Waals surface area contributed by atoms with Gasteiger partial charge < -0.3 is 15.0 Å². The number of ether oxygens (including phenoxy) is 1. The third kappa shape index (κ3) is 3.79. The van der Waals surface area contributed by atoms with Crippen LogP contribution in [-0.2, 0) is 16.1 Å². The number of halogens is 1. The van der Waals surface area contributed by atoms with E-state index in [0.29, 0.717) is 25.2 Å². The van der Waals surface area contributed by atoms with Gasteiger partial charge in [0.1, 0.15) is 17.5 Å². The molecule has 1 atom stereocenters. The first-order valence-corrected chi connectivity index (χ1v) is 8.06. The summed E-state index contributed by atoms with van der Waals surface area (Å²) in [4.78, 5) is 26.3. The van der Waals surface area contributed by atoms with Crippen molar-refractivity contribution < 1.29 is 18.7 Å². The van der Waals surface area contributed by atoms with Crippen LogP contribution in [0.3, 0.4) is 0 Å². The number of hydrogen-bond acceptors (Lipinski definition) is 3. The van der Waals surface area contributed by atoms with Crippen molar-refractivity contribution in [2.24, 2.45) is 5.92 Å². The highest BCUT2D eigenvalue weighted by molar-refractivity contribution is 6.09. The van der Waals surface area contributed by atoms with E-state index in [2.05, 4.69) is 5.32 Å². The number of methoxy groups -OCH3 is 1. The minimum atomic E-state index is -0.705. The zero-order chi connectivity index (χ0) is 17.8. The third-order valence-electron chi connectivity index (χ3n) is 4.29. The molecule has 1 heterocycles. The Bertz CT molecular complexity index is 759. The summed E-state index contributed by atoms with van der Waals surface area (Å²) in [6, 6.07) is 13.1. The molecule has 130 valence electrons. The van der Waals surface area contributed by atoms with Crippen LogP contribution in [0.5, 0.6) is 5.75 Å². The normalized spacial score (nSPS) is 16.8. The van der Waals surface area contributed by atoms with Crippen LogP contribution in [0.1, 0.15) is 12.0 Å². The van der Waals surface area contributed by atoms with Crippen LogP contribution < -0.4 is 15.0 Å². The van der Waals surface area contributed by atoms with E-state index >= 15 is 0 Å². The molecule has 2 amide bonds. The van der Waals surface area contributed by atoms with E-state index in [4.69, 9.17) is 4.74 Å². The van der Waals surface area contributed by atoms with Crippen molar-refractivity contribution in [1.29, 1.82) is 0 Å². The number of nitrogens with zero attached hydrogens (tertiary/aromatic N) is 1. The lowest BCUT2D eigenvalue weighted by molar-refractivity contribution is -0.132. The van der Waals surface area contributed by atoms with Crippen molar-refractivity contribution in [3.63, 3.8) is 0 Å². The van der Waals surface area contributed by atoms with Gasteiger partial charge in [0.15, 0.2) is 0 Å². The summed E-state index contributed by atoms with van der Waals surface area (Å²) < 4.78 is 18.1. The Balaban J connectivity index is 1.59. The van der Waals surface area contributed by atoms with Crippen molar-refractivity contribution >= 4 is 17.5 Å². The predicted molar refractivity (Wildman–Crippen MR) is 91.7 cm³/mol. The Hall–Kier alpha value is -2.89. The molecule has 0 radical (unpaired) electrons. The number of carbonyl (C=O) groups is 2. The lowest BCUT2D eigenvalue weighted by Crippen LogP contribution is -2.36. The molecule has 1 aliphatic rings. The standard InChI is InChI=1S/C19H19FN2O3/c1-25-16-8-2-13(3-9-16)12-21-18(23)17-10-11-22(19(17)24)15-6-4-14(20)5-7-15/h2-9,17H,10-12H2,1H3,(H,21,23). The van der Waals surface area contributed by atoms with Crippen LogP contribution >= 0.6 is 0 Å². The summed E-state index contributed by atoms with van der Waals surface area (Å²) in [6.07, 6.45) is 0.449. The fourth-order valence-corrected chi connectivity index (χ4v) is 2.86. The van der Waals surface area contributed by atoms with Crippen molar-refractivity contribution in [3.8, 4) is 5.75 Å². The Morgan fingerprint density at radius 2 is 1.88 bits per heavy atom. The van der Waals surface area contributed by atoms with E-state index in [1.165, 1.54) is 17.0 Å². The fourth-order valence-electron chi connectivity index (χ4n) is 2.86. The van der Waals surface area contributed by atoms with E-state index < -0.39 is 5.92 Å². The minimum Gasteiger partial charge on any atom is -0.497 e. The van der Waals surface area contributed by atoms with Crippen LogP contribution in [0.2, 0.25) is 0 Å². The Morgan fingerprint density at radius 1 is 1.20 bits per heavy atom. The average Bonchev–Trinajstić information content (AvgIpc) is 3.02. The van der Waals surface area contributed by atoms with Gasteiger partial charge in [0.05, 0.1) is 7.11 Å². The number of carbonyl (C=O) groups excluding carboxylic acids is 2. The van der Waals surface area contributed by atoms with Gasteiger partial charge >= 0.3 is 0 Å². The van der Waals surface area contributed by atoms with E-state index in [-0.39, 0.29) is 17.6 Å². The van der Waals surface area contributed by atoms with Crippen LogP contribution in [0, 0.1) is 11.7 Å². The molecular weight excluding hydrogens is 323 g/mol. The first kappa shape index (κ1) is 17.0. The van der Waals surface area contributed by atoms with Gasteiger partial charge in [0.25, 0.3) is 0 Å². The number of hydrogen-bond donors (Lipinski definition) is 1. The molecule has 0 spiro atoms. The number of rotatable bonds is 5. The largest absolute Gasteiger partial charge is 0.497 e. The molecule has 2 aromatic carbocycles. The van der Waals surface area contributed by atoms with Gasteiger partial charge in [-0.1, -0.05) is 12.1 Å². The molecular formula is C19H19FN2O3. The second-order valence-electron chi connectivity index (χ2n) is 5.87. The number of nitrogens with one attached hydrogen (secondary N) is 1. The smallest absolute Gasteiger partial charge is 0.239 e. The Kier molecular flexibility index (Phi) is 4.97. The number of benzene rings is 2. The summed E-state index contributed by atoms with van der Waals surface area (Å²) in [6.45, 7) is 0.800. The van der Waals surface area contributed by atoms with Gasteiger partial charge in [-0.2, -0.15) is 0 Å². The molecule has 0 aliphatic carbocycles. The van der Waals surface area contributed by atoms with Crippen LogP contribution in [0.15, 0.2) is 48.5 Å². The Labute approximate surface area is 145 Å². The number of amides is 2. The van der Waals surface area contributed by atoms with E-state index in [0.717, 1.165) is 11.3 Å². The lowest BCUT2D eigenvalue weighted by Gasteiger charge is -2.16. The molecule has 1 N–H and O–H groups in total. The molecule has 5 nitrogen and oxygen atoms in total. The highest BCUT2D eigenvalue weighted by atomic mass is 19.1. The first-order valence-electron chi connectivity index (χ1n) is 8.06. The summed E-state index contributed by atoms with van der Waals surface area (Å²) in [5.74, 6) is -0.854. The molecule has 3 rings (SSSR count). The fraction of sp³-hybridized carbons (Fsp3) is 0.263. The highest BCUT2D eigenvalue weighted by Gasteiger charge is 2.37. The minimum absolute atomic E-state index is 0.251. The molecule has 1 aliphatic heterocycles. The lowest BCUT2D eigenvalue weighted by atomic mass is 10.1. The second kappa shape index (κ2) is 7.34. The maximum atomic E-state index is 13.0. The van der Waals surface area contributed by atoms with Gasteiger partial charge in [-0.3, -0.25) is 9.59 Å². The van der Waals surface area contributed by atoms with Crippen molar-refractivity contribution in [2.75, 3.05) is 18.6 Å². The van der Waals surface area contributed by atoms with Gasteiger partial charge in [0.2, 0.25) is 11.8 Å². The van der Waals surface area contributed by atoms with E-state index in [1.807, 2.05) is 24.3 Å². The van der Waals surface area contributed by atoms with Gasteiger partial charge in [0, 0.05) is 18.8 Å². The zero-order valence-corrected chi connectivity index (χ0v) is 13.9. The zero-order valence-electron chi connectivity index (χ0n) is 13.9. The predicted octanol–water partition coefficient (Wildman–Crippen LogP) is 2.50. The van der Waals surface area contributed by atoms with Gasteiger partial charge in [-0.25, -0.2) is 4.39 Å². The Morgan fingerprint density at radius 3 is 2.52 bits per heavy atom. The molecule has 2 aromatic rings. The van der Waals surface area contributed by atoms with Crippen LogP contribution in [0.25, 0.3) is 0 Å². The highest BCUT2D eigenvalue weighted by Crippen LogP contribution is 2.25. The summed E-state index contributed by atoms with van der Waals surface area (Å²) in [5, 5.41) is 2.80. The van der Waals surface area contributed by atoms with E-state index in [9.17, 15) is 14.0 Å². The molecule has 25 heavy (non-hydrogen) atoms. The monoisotopic (exact) mass is 342 g/mol. The topological polar surface area (TPSA) is 58.6 Å². The summed E-state index contributed by atoms with van der Waals surface area (Å²) in [5.41, 5.74) is 1.53. The second-order valence-corrected chi connectivity index (χ2v) is 5.87. The van der Waals surface area contributed by atoms with Crippen molar-refractivity contribution in [1.82, 2.24) is 5.32 Å². The maximum absolute atomic E-state index is 13.0. The van der Waals surface area contributed by atoms with Gasteiger partial charge in [-0.15, -0.1) is 0 Å². The summed E-state index contributed by atoms with van der Waals surface area (Å²) >= 11 is 0. The van der Waals surface area contributed by atoms with Gasteiger partial charge in [-0.05, 0) is 48.4 Å². The summed E-state index contributed by atoms with van der Waals surface area (Å²) in [7, 11) is 1.59. The van der Waals surface area contributed by atoms with E-state index in [1.54, 1.807) is 19.2 Å². The molecule has 1 unspecified atom stereocenters. The third-order valence-corrected chi connectivity index (χ3v) is 4.29. The molecule has 6 heteroatoms. The van der Waals surface area contributed by atoms with Crippen LogP contribution in [0.4, 0.5) is 10.1 Å². The number of anilines is 1.